The van der Waals surface area contributed by atoms with E-state index in [9.17, 15) is 0 Å². The van der Waals surface area contributed by atoms with Crippen LogP contribution < -0.4 is 5.32 Å². The molecule has 2 rings (SSSR count). The number of hydrogen-bond donors (Lipinski definition) is 1. The predicted molar refractivity (Wildman–Crippen MR) is 84.4 cm³/mol. The first kappa shape index (κ1) is 14.5. The average molecular weight is 298 g/mol. The van der Waals surface area contributed by atoms with Crippen LogP contribution >= 0.6 is 22.9 Å². The second kappa shape index (κ2) is 5.63. The molecule has 0 aliphatic carbocycles. The molecule has 0 spiro atoms. The number of nitrogens with one attached hydrogen (secondary N) is 1. The molecule has 0 saturated carbocycles. The van der Waals surface area contributed by atoms with Crippen molar-refractivity contribution in [1.82, 2.24) is 9.97 Å². The second-order valence-electron chi connectivity index (χ2n) is 6.04. The minimum absolute atomic E-state index is 0.102. The Kier molecular flexibility index (Phi) is 4.31. The minimum atomic E-state index is 0.102. The molecule has 0 aromatic carbocycles. The lowest BCUT2D eigenvalue weighted by Gasteiger charge is -2.22. The van der Waals surface area contributed by atoms with E-state index in [1.54, 1.807) is 17.7 Å². The van der Waals surface area contributed by atoms with E-state index in [4.69, 9.17) is 11.6 Å². The van der Waals surface area contributed by atoms with E-state index in [-0.39, 0.29) is 10.8 Å². The van der Waals surface area contributed by atoms with Crippen molar-refractivity contribution in [2.75, 3.05) is 11.9 Å². The smallest absolute Gasteiger partial charge is 0.138 e. The number of hydrogen-bond acceptors (Lipinski definition) is 4. The summed E-state index contributed by atoms with van der Waals surface area (Å²) in [6, 6.07) is 2.12. The molecule has 0 aliphatic heterocycles. The van der Waals surface area contributed by atoms with Crippen molar-refractivity contribution in [2.45, 2.75) is 39.5 Å². The lowest BCUT2D eigenvalue weighted by Crippen LogP contribution is -2.21. The van der Waals surface area contributed by atoms with E-state index in [0.29, 0.717) is 0 Å². The number of fused-ring (bicyclic) bond motifs is 1. The fraction of sp³-hybridized carbons (Fsp3) is 0.571. The molecule has 1 unspecified atom stereocenters. The third-order valence-electron chi connectivity index (χ3n) is 2.78. The molecule has 0 aliphatic rings. The molecule has 0 bridgehead atoms. The highest BCUT2D eigenvalue weighted by atomic mass is 35.5. The zero-order chi connectivity index (χ0) is 14.0. The number of aryl methyl sites for hydroxylation is 1. The molecule has 0 fully saturated rings. The van der Waals surface area contributed by atoms with Gasteiger partial charge in [0.2, 0.25) is 0 Å². The molecule has 0 saturated heterocycles. The van der Waals surface area contributed by atoms with Crippen LogP contribution in [0.3, 0.4) is 0 Å². The summed E-state index contributed by atoms with van der Waals surface area (Å²) in [4.78, 5) is 10.9. The maximum absolute atomic E-state index is 6.37. The molecule has 1 atom stereocenters. The fourth-order valence-electron chi connectivity index (χ4n) is 2.06. The highest BCUT2D eigenvalue weighted by Crippen LogP contribution is 2.28. The van der Waals surface area contributed by atoms with Crippen LogP contribution in [-0.4, -0.2) is 21.9 Å². The van der Waals surface area contributed by atoms with E-state index in [2.05, 4.69) is 49.0 Å². The van der Waals surface area contributed by atoms with Gasteiger partial charge in [0, 0.05) is 11.4 Å². The van der Waals surface area contributed by atoms with Crippen LogP contribution in [0.4, 0.5) is 5.82 Å². The van der Waals surface area contributed by atoms with Gasteiger partial charge in [-0.1, -0.05) is 20.8 Å². The third-order valence-corrected chi connectivity index (χ3v) is 4.04. The van der Waals surface area contributed by atoms with Crippen molar-refractivity contribution in [1.29, 1.82) is 0 Å². The van der Waals surface area contributed by atoms with E-state index < -0.39 is 0 Å². The lowest BCUT2D eigenvalue weighted by atomic mass is 9.90. The van der Waals surface area contributed by atoms with Crippen molar-refractivity contribution < 1.29 is 0 Å². The Balaban J connectivity index is 2.05. The molecule has 104 valence electrons. The summed E-state index contributed by atoms with van der Waals surface area (Å²) in [6.07, 6.45) is 2.58. The van der Waals surface area contributed by atoms with Crippen LogP contribution in [0.25, 0.3) is 10.2 Å². The number of halogens is 1. The summed E-state index contributed by atoms with van der Waals surface area (Å²) < 4.78 is 0. The van der Waals surface area contributed by atoms with Gasteiger partial charge in [-0.25, -0.2) is 9.97 Å². The Morgan fingerprint density at radius 3 is 2.79 bits per heavy atom. The standard InChI is InChI=1S/C14H20ClN3S/c1-9-5-11-12(17-8-18-13(11)19-9)16-7-10(15)6-14(2,3)4/h5,8,10H,6-7H2,1-4H3,(H,16,17,18). The molecule has 3 nitrogen and oxygen atoms in total. The monoisotopic (exact) mass is 297 g/mol. The molecular weight excluding hydrogens is 278 g/mol. The van der Waals surface area contributed by atoms with E-state index in [1.165, 1.54) is 4.88 Å². The summed E-state index contributed by atoms with van der Waals surface area (Å²) in [7, 11) is 0. The number of rotatable bonds is 4. The molecule has 2 aromatic rings. The largest absolute Gasteiger partial charge is 0.368 e. The van der Waals surface area contributed by atoms with Gasteiger partial charge in [-0.05, 0) is 24.8 Å². The zero-order valence-electron chi connectivity index (χ0n) is 11.8. The Morgan fingerprint density at radius 2 is 2.11 bits per heavy atom. The van der Waals surface area contributed by atoms with Gasteiger partial charge in [0.1, 0.15) is 17.0 Å². The predicted octanol–water partition coefficient (Wildman–Crippen LogP) is 4.46. The molecule has 19 heavy (non-hydrogen) atoms. The molecule has 2 heterocycles. The van der Waals surface area contributed by atoms with Gasteiger partial charge in [0.05, 0.1) is 10.8 Å². The van der Waals surface area contributed by atoms with Crippen LogP contribution in [0.15, 0.2) is 12.4 Å². The fourth-order valence-corrected chi connectivity index (χ4v) is 3.45. The van der Waals surface area contributed by atoms with Crippen LogP contribution in [0.5, 0.6) is 0 Å². The Bertz CT molecular complexity index is 559. The summed E-state index contributed by atoms with van der Waals surface area (Å²) in [5.41, 5.74) is 0.244. The van der Waals surface area contributed by atoms with Crippen LogP contribution in [0, 0.1) is 12.3 Å². The molecular formula is C14H20ClN3S. The van der Waals surface area contributed by atoms with Crippen molar-refractivity contribution in [3.63, 3.8) is 0 Å². The van der Waals surface area contributed by atoms with Gasteiger partial charge < -0.3 is 5.32 Å². The first-order chi connectivity index (χ1) is 8.85. The zero-order valence-corrected chi connectivity index (χ0v) is 13.4. The summed E-state index contributed by atoms with van der Waals surface area (Å²) in [5.74, 6) is 0.883. The maximum atomic E-state index is 6.37. The van der Waals surface area contributed by atoms with Crippen LogP contribution in [0.2, 0.25) is 0 Å². The summed E-state index contributed by atoms with van der Waals surface area (Å²) >= 11 is 8.05. The van der Waals surface area contributed by atoms with Gasteiger partial charge in [-0.3, -0.25) is 0 Å². The van der Waals surface area contributed by atoms with Crippen molar-refractivity contribution in [3.05, 3.63) is 17.3 Å². The maximum Gasteiger partial charge on any atom is 0.138 e. The van der Waals surface area contributed by atoms with Gasteiger partial charge >= 0.3 is 0 Å². The lowest BCUT2D eigenvalue weighted by molar-refractivity contribution is 0.373. The van der Waals surface area contributed by atoms with E-state index in [1.807, 2.05) is 0 Å². The molecule has 1 N–H and O–H groups in total. The van der Waals surface area contributed by atoms with Crippen LogP contribution in [0.1, 0.15) is 32.1 Å². The number of nitrogens with zero attached hydrogens (tertiary/aromatic N) is 2. The first-order valence-electron chi connectivity index (χ1n) is 6.44. The van der Waals surface area contributed by atoms with E-state index >= 15 is 0 Å². The van der Waals surface area contributed by atoms with Crippen molar-refractivity contribution in [2.24, 2.45) is 5.41 Å². The van der Waals surface area contributed by atoms with Crippen molar-refractivity contribution in [3.8, 4) is 0 Å². The number of thiophene rings is 1. The van der Waals surface area contributed by atoms with Gasteiger partial charge in [-0.15, -0.1) is 22.9 Å². The topological polar surface area (TPSA) is 37.8 Å². The summed E-state index contributed by atoms with van der Waals surface area (Å²) in [5, 5.41) is 4.54. The third kappa shape index (κ3) is 4.05. The average Bonchev–Trinajstić information content (AvgIpc) is 2.64. The number of aromatic nitrogens is 2. The van der Waals surface area contributed by atoms with Crippen molar-refractivity contribution >= 4 is 39.0 Å². The van der Waals surface area contributed by atoms with E-state index in [0.717, 1.165) is 29.0 Å². The Morgan fingerprint density at radius 1 is 1.37 bits per heavy atom. The molecule has 2 aromatic heterocycles. The highest BCUT2D eigenvalue weighted by molar-refractivity contribution is 7.18. The number of alkyl halides is 1. The SMILES string of the molecule is Cc1cc2c(NCC(Cl)CC(C)(C)C)ncnc2s1. The highest BCUT2D eigenvalue weighted by Gasteiger charge is 2.17. The van der Waals surface area contributed by atoms with Gasteiger partial charge in [0.15, 0.2) is 0 Å². The second-order valence-corrected chi connectivity index (χ2v) is 7.89. The quantitative estimate of drug-likeness (QED) is 0.847. The Hall–Kier alpha value is -0.870. The minimum Gasteiger partial charge on any atom is -0.368 e. The van der Waals surface area contributed by atoms with Gasteiger partial charge in [0.25, 0.3) is 0 Å². The first-order valence-corrected chi connectivity index (χ1v) is 7.69. The van der Waals surface area contributed by atoms with Gasteiger partial charge in [-0.2, -0.15) is 0 Å². The molecule has 5 heteroatoms. The number of anilines is 1. The Labute approximate surface area is 123 Å². The normalized spacial score (nSPS) is 13.7. The summed E-state index contributed by atoms with van der Waals surface area (Å²) in [6.45, 7) is 9.41. The molecule has 0 amide bonds. The molecule has 0 radical (unpaired) electrons. The van der Waals surface area contributed by atoms with Crippen LogP contribution in [-0.2, 0) is 0 Å².